The van der Waals surface area contributed by atoms with E-state index in [0.29, 0.717) is 15.0 Å². The number of rotatable bonds is 2. The van der Waals surface area contributed by atoms with Gasteiger partial charge in [0.1, 0.15) is 5.76 Å². The maximum absolute atomic E-state index is 13.1. The molecule has 3 aromatic carbocycles. The van der Waals surface area contributed by atoms with Crippen LogP contribution in [-0.2, 0) is 4.79 Å². The molecule has 0 spiro atoms. The molecule has 1 saturated heterocycles. The molecule has 6 heteroatoms. The largest absolute Gasteiger partial charge is 0.440 e. The van der Waals surface area contributed by atoms with Crippen LogP contribution in [0.5, 0.6) is 0 Å². The molecule has 1 aliphatic rings. The molecular weight excluding hydrogens is 436 g/mol. The average molecular weight is 451 g/mol. The number of hydrogen-bond donors (Lipinski definition) is 0. The predicted octanol–water partition coefficient (Wildman–Crippen LogP) is 6.84. The van der Waals surface area contributed by atoms with E-state index in [4.69, 9.17) is 16.6 Å². The summed E-state index contributed by atoms with van der Waals surface area (Å²) < 4.78 is 9.02. The number of fused-ring (bicyclic) bond motifs is 6. The summed E-state index contributed by atoms with van der Waals surface area (Å²) in [4.78, 5) is 15.2. The minimum Gasteiger partial charge on any atom is -0.440 e. The minimum atomic E-state index is -0.128. The number of benzene rings is 3. The van der Waals surface area contributed by atoms with E-state index >= 15 is 0 Å². The topological polar surface area (TPSA) is 37.9 Å². The smallest absolute Gasteiger partial charge is 0.270 e. The van der Waals surface area contributed by atoms with Gasteiger partial charge in [-0.25, -0.2) is 0 Å². The third-order valence-corrected chi connectivity index (χ3v) is 7.30. The fourth-order valence-electron chi connectivity index (χ4n) is 4.67. The Morgan fingerprint density at radius 1 is 0.844 bits per heavy atom. The van der Waals surface area contributed by atoms with Gasteiger partial charge in [0.05, 0.1) is 21.6 Å². The fourth-order valence-corrected chi connectivity index (χ4v) is 5.95. The molecule has 1 amide bonds. The molecular formula is C26H14N2O2S2. The van der Waals surface area contributed by atoms with E-state index in [2.05, 4.69) is 40.8 Å². The van der Waals surface area contributed by atoms with Gasteiger partial charge < -0.3 is 4.42 Å². The fraction of sp³-hybridized carbons (Fsp3) is 0. The van der Waals surface area contributed by atoms with Crippen molar-refractivity contribution in [3.8, 4) is 0 Å². The molecule has 152 valence electrons. The van der Waals surface area contributed by atoms with Crippen LogP contribution in [0.3, 0.4) is 0 Å². The van der Waals surface area contributed by atoms with Crippen molar-refractivity contribution in [1.29, 1.82) is 0 Å². The number of thioether (sulfide) groups is 1. The second-order valence-electron chi connectivity index (χ2n) is 7.77. The molecule has 3 aromatic heterocycles. The summed E-state index contributed by atoms with van der Waals surface area (Å²) in [5.41, 5.74) is 3.85. The molecule has 32 heavy (non-hydrogen) atoms. The Balaban J connectivity index is 1.40. The third-order valence-electron chi connectivity index (χ3n) is 6.00. The van der Waals surface area contributed by atoms with Gasteiger partial charge >= 0.3 is 0 Å². The van der Waals surface area contributed by atoms with E-state index < -0.39 is 0 Å². The predicted molar refractivity (Wildman–Crippen MR) is 135 cm³/mol. The lowest BCUT2D eigenvalue weighted by molar-refractivity contribution is -0.113. The first-order valence-electron chi connectivity index (χ1n) is 10.2. The maximum atomic E-state index is 13.1. The van der Waals surface area contributed by atoms with E-state index in [9.17, 15) is 4.79 Å². The number of carbonyl (C=O) groups excluding carboxylic acids is 1. The molecule has 1 fully saturated rings. The van der Waals surface area contributed by atoms with Crippen molar-refractivity contribution < 1.29 is 9.21 Å². The van der Waals surface area contributed by atoms with Gasteiger partial charge in [0, 0.05) is 27.6 Å². The highest BCUT2D eigenvalue weighted by molar-refractivity contribution is 8.27. The summed E-state index contributed by atoms with van der Waals surface area (Å²) in [6, 6.07) is 26.2. The van der Waals surface area contributed by atoms with Gasteiger partial charge in [-0.2, -0.15) is 0 Å². The van der Waals surface area contributed by atoms with Crippen molar-refractivity contribution in [3.05, 3.63) is 89.5 Å². The second-order valence-corrected chi connectivity index (χ2v) is 9.45. The number of anilines is 1. The molecule has 0 aliphatic carbocycles. The molecule has 0 atom stereocenters. The Morgan fingerprint density at radius 3 is 2.41 bits per heavy atom. The third kappa shape index (κ3) is 2.33. The molecule has 0 N–H and O–H groups in total. The van der Waals surface area contributed by atoms with Gasteiger partial charge in [0.2, 0.25) is 5.71 Å². The van der Waals surface area contributed by atoms with Crippen molar-refractivity contribution in [3.63, 3.8) is 0 Å². The summed E-state index contributed by atoms with van der Waals surface area (Å²) >= 11 is 6.78. The Morgan fingerprint density at radius 2 is 1.56 bits per heavy atom. The number of carbonyl (C=O) groups is 1. The molecule has 1 aliphatic heterocycles. The van der Waals surface area contributed by atoms with E-state index in [0.717, 1.165) is 27.7 Å². The van der Waals surface area contributed by atoms with Crippen LogP contribution in [0.1, 0.15) is 5.76 Å². The highest BCUT2D eigenvalue weighted by atomic mass is 32.2. The first-order valence-corrected chi connectivity index (χ1v) is 11.4. The number of aromatic nitrogens is 1. The minimum absolute atomic E-state index is 0.128. The monoisotopic (exact) mass is 450 g/mol. The zero-order valence-corrected chi connectivity index (χ0v) is 18.2. The van der Waals surface area contributed by atoms with Gasteiger partial charge in [-0.15, -0.1) is 0 Å². The summed E-state index contributed by atoms with van der Waals surface area (Å²) in [6.07, 6.45) is 1.80. The Labute approximate surface area is 192 Å². The summed E-state index contributed by atoms with van der Waals surface area (Å²) in [6.45, 7) is 0. The van der Waals surface area contributed by atoms with Crippen molar-refractivity contribution in [1.82, 2.24) is 4.40 Å². The van der Waals surface area contributed by atoms with Crippen molar-refractivity contribution >= 4 is 84.3 Å². The Hall–Kier alpha value is -3.61. The summed E-state index contributed by atoms with van der Waals surface area (Å²) in [7, 11) is 0. The van der Waals surface area contributed by atoms with E-state index in [-0.39, 0.29) is 5.91 Å². The average Bonchev–Trinajstić information content (AvgIpc) is 3.52. The van der Waals surface area contributed by atoms with Crippen LogP contribution in [0, 0.1) is 0 Å². The van der Waals surface area contributed by atoms with Crippen LogP contribution in [0.4, 0.5) is 5.69 Å². The quantitative estimate of drug-likeness (QED) is 0.214. The maximum Gasteiger partial charge on any atom is 0.270 e. The number of hydrogen-bond acceptors (Lipinski definition) is 4. The standard InChI is InChI=1S/C26H14N2O2S2/c29-24-22(32-26(31)27(24)15-7-2-1-3-8-15)14-16-13-20-19-11-6-10-18-17-9-4-5-12-21(17)28(23(18)19)25(20)30-16/h1-14H/b22-14-. The van der Waals surface area contributed by atoms with Crippen molar-refractivity contribution in [2.24, 2.45) is 0 Å². The van der Waals surface area contributed by atoms with Crippen LogP contribution in [0.15, 0.2) is 88.2 Å². The van der Waals surface area contributed by atoms with Crippen LogP contribution < -0.4 is 4.90 Å². The van der Waals surface area contributed by atoms with Crippen LogP contribution in [0.2, 0.25) is 0 Å². The first kappa shape index (κ1) is 18.0. The van der Waals surface area contributed by atoms with E-state index in [1.165, 1.54) is 28.1 Å². The van der Waals surface area contributed by atoms with E-state index in [1.807, 2.05) is 42.5 Å². The van der Waals surface area contributed by atoms with Crippen LogP contribution in [0.25, 0.3) is 44.4 Å². The lowest BCUT2D eigenvalue weighted by Gasteiger charge is -2.13. The number of amides is 1. The van der Waals surface area contributed by atoms with Crippen molar-refractivity contribution in [2.75, 3.05) is 4.90 Å². The Bertz CT molecular complexity index is 1740. The molecule has 0 saturated carbocycles. The van der Waals surface area contributed by atoms with Gasteiger partial charge in [-0.1, -0.05) is 78.6 Å². The van der Waals surface area contributed by atoms with Gasteiger partial charge in [-0.05, 0) is 24.3 Å². The lowest BCUT2D eigenvalue weighted by Crippen LogP contribution is -2.27. The first-order chi connectivity index (χ1) is 15.7. The molecule has 7 rings (SSSR count). The van der Waals surface area contributed by atoms with E-state index in [1.54, 1.807) is 11.0 Å². The number of nitrogens with zero attached hydrogens (tertiary/aromatic N) is 2. The zero-order valence-electron chi connectivity index (χ0n) is 16.6. The van der Waals surface area contributed by atoms with Gasteiger partial charge in [-0.3, -0.25) is 14.1 Å². The van der Waals surface area contributed by atoms with Gasteiger partial charge in [0.25, 0.3) is 5.91 Å². The number of para-hydroxylation sites is 3. The molecule has 6 aromatic rings. The molecule has 0 bridgehead atoms. The van der Waals surface area contributed by atoms with Crippen molar-refractivity contribution in [2.45, 2.75) is 0 Å². The normalized spacial score (nSPS) is 16.1. The summed E-state index contributed by atoms with van der Waals surface area (Å²) in [5.74, 6) is 0.515. The lowest BCUT2D eigenvalue weighted by atomic mass is 10.1. The molecule has 4 heterocycles. The molecule has 4 nitrogen and oxygen atoms in total. The summed E-state index contributed by atoms with van der Waals surface area (Å²) in [5, 5.41) is 4.61. The second kappa shape index (κ2) is 6.45. The Kier molecular flexibility index (Phi) is 3.63. The molecule has 0 unspecified atom stereocenters. The zero-order chi connectivity index (χ0) is 21.4. The highest BCUT2D eigenvalue weighted by Crippen LogP contribution is 2.41. The number of thiocarbonyl (C=S) groups is 1. The van der Waals surface area contributed by atoms with Gasteiger partial charge in [0.15, 0.2) is 4.32 Å². The highest BCUT2D eigenvalue weighted by Gasteiger charge is 2.33. The SMILES string of the molecule is O=C1/C(=C/c2cc3c4cccc5c6ccccc6n(c3o2)c54)SC(=S)N1c1ccccc1. The number of furan rings is 1. The van der Waals surface area contributed by atoms with Crippen LogP contribution >= 0.6 is 24.0 Å². The molecule has 0 radical (unpaired) electrons. The van der Waals surface area contributed by atoms with Crippen LogP contribution in [-0.4, -0.2) is 14.6 Å².